The first-order chi connectivity index (χ1) is 11.7. The lowest BCUT2D eigenvalue weighted by Crippen LogP contribution is -2.34. The summed E-state index contributed by atoms with van der Waals surface area (Å²) >= 11 is 0. The minimum absolute atomic E-state index is 0.0937. The lowest BCUT2D eigenvalue weighted by atomic mass is 9.89. The van der Waals surface area contributed by atoms with E-state index in [1.807, 2.05) is 6.07 Å². The lowest BCUT2D eigenvalue weighted by Gasteiger charge is -2.32. The van der Waals surface area contributed by atoms with Gasteiger partial charge >= 0.3 is 5.97 Å². The van der Waals surface area contributed by atoms with Crippen molar-refractivity contribution in [2.24, 2.45) is 11.8 Å². The SMILES string of the molecule is COc1ccc2[nH]cc(C3CCN(C[C@@H]4C[C@H]4C(=O)O)CC3)c2c1. The summed E-state index contributed by atoms with van der Waals surface area (Å²) < 4.78 is 5.36. The van der Waals surface area contributed by atoms with Gasteiger partial charge < -0.3 is 19.7 Å². The van der Waals surface area contributed by atoms with Gasteiger partial charge in [-0.15, -0.1) is 0 Å². The first kappa shape index (κ1) is 15.5. The Bertz CT molecular complexity index is 746. The molecule has 5 heteroatoms. The molecule has 2 aliphatic rings. The van der Waals surface area contributed by atoms with Gasteiger partial charge in [-0.05, 0) is 68.0 Å². The van der Waals surface area contributed by atoms with E-state index in [9.17, 15) is 4.79 Å². The molecule has 128 valence electrons. The maximum atomic E-state index is 11.0. The third-order valence-corrected chi connectivity index (χ3v) is 5.68. The summed E-state index contributed by atoms with van der Waals surface area (Å²) in [6, 6.07) is 6.18. The number of piperidine rings is 1. The Labute approximate surface area is 141 Å². The molecule has 2 fully saturated rings. The predicted molar refractivity (Wildman–Crippen MR) is 92.5 cm³/mol. The van der Waals surface area contributed by atoms with E-state index in [0.29, 0.717) is 11.8 Å². The van der Waals surface area contributed by atoms with E-state index in [2.05, 4.69) is 28.2 Å². The number of benzene rings is 1. The Kier molecular flexibility index (Phi) is 3.96. The van der Waals surface area contributed by atoms with Gasteiger partial charge in [0.2, 0.25) is 0 Å². The number of nitrogens with one attached hydrogen (secondary N) is 1. The summed E-state index contributed by atoms with van der Waals surface area (Å²) in [4.78, 5) is 16.8. The number of aromatic amines is 1. The second kappa shape index (κ2) is 6.13. The number of hydrogen-bond donors (Lipinski definition) is 2. The fourth-order valence-electron chi connectivity index (χ4n) is 4.10. The summed E-state index contributed by atoms with van der Waals surface area (Å²) in [5.74, 6) is 1.12. The Morgan fingerprint density at radius 1 is 1.38 bits per heavy atom. The van der Waals surface area contributed by atoms with Crippen LogP contribution in [0.15, 0.2) is 24.4 Å². The molecule has 2 N–H and O–H groups in total. The molecule has 1 aromatic heterocycles. The maximum absolute atomic E-state index is 11.0. The number of likely N-dealkylation sites (tertiary alicyclic amines) is 1. The summed E-state index contributed by atoms with van der Waals surface area (Å²) in [5.41, 5.74) is 2.55. The highest BCUT2D eigenvalue weighted by Crippen LogP contribution is 2.41. The molecule has 0 bridgehead atoms. The molecule has 2 heterocycles. The highest BCUT2D eigenvalue weighted by atomic mass is 16.5. The van der Waals surface area contributed by atoms with Crippen molar-refractivity contribution in [2.45, 2.75) is 25.2 Å². The van der Waals surface area contributed by atoms with Crippen LogP contribution >= 0.6 is 0 Å². The average Bonchev–Trinajstić information content (AvgIpc) is 3.24. The molecule has 0 unspecified atom stereocenters. The number of nitrogens with zero attached hydrogens (tertiary/aromatic N) is 1. The molecule has 0 spiro atoms. The minimum Gasteiger partial charge on any atom is -0.497 e. The first-order valence-corrected chi connectivity index (χ1v) is 8.76. The summed E-state index contributed by atoms with van der Waals surface area (Å²) in [6.07, 6.45) is 5.27. The topological polar surface area (TPSA) is 65.6 Å². The largest absolute Gasteiger partial charge is 0.497 e. The van der Waals surface area contributed by atoms with E-state index in [1.165, 1.54) is 10.9 Å². The molecular formula is C19H24N2O3. The van der Waals surface area contributed by atoms with Crippen molar-refractivity contribution < 1.29 is 14.6 Å². The summed E-state index contributed by atoms with van der Waals surface area (Å²) in [6.45, 7) is 3.07. The zero-order valence-electron chi connectivity index (χ0n) is 14.0. The molecule has 2 aromatic rings. The zero-order chi connectivity index (χ0) is 16.7. The number of carboxylic acids is 1. The van der Waals surface area contributed by atoms with Crippen molar-refractivity contribution in [2.75, 3.05) is 26.7 Å². The smallest absolute Gasteiger partial charge is 0.306 e. The molecule has 1 aromatic carbocycles. The fraction of sp³-hybridized carbons (Fsp3) is 0.526. The van der Waals surface area contributed by atoms with E-state index >= 15 is 0 Å². The van der Waals surface area contributed by atoms with Crippen LogP contribution in [0.25, 0.3) is 10.9 Å². The monoisotopic (exact) mass is 328 g/mol. The third kappa shape index (κ3) is 2.88. The van der Waals surface area contributed by atoms with Gasteiger partial charge in [0.25, 0.3) is 0 Å². The summed E-state index contributed by atoms with van der Waals surface area (Å²) in [5, 5.41) is 10.3. The van der Waals surface area contributed by atoms with Crippen molar-refractivity contribution in [3.05, 3.63) is 30.0 Å². The molecule has 4 rings (SSSR count). The quantitative estimate of drug-likeness (QED) is 0.885. The number of ether oxygens (including phenoxy) is 1. The molecule has 5 nitrogen and oxygen atoms in total. The van der Waals surface area contributed by atoms with Gasteiger partial charge in [-0.1, -0.05) is 0 Å². The van der Waals surface area contributed by atoms with Crippen LogP contribution in [0.5, 0.6) is 5.75 Å². The van der Waals surface area contributed by atoms with Crippen molar-refractivity contribution in [3.8, 4) is 5.75 Å². The van der Waals surface area contributed by atoms with Crippen molar-refractivity contribution in [1.82, 2.24) is 9.88 Å². The van der Waals surface area contributed by atoms with Gasteiger partial charge in [0.1, 0.15) is 5.75 Å². The number of carboxylic acid groups (broad SMARTS) is 1. The molecule has 0 radical (unpaired) electrons. The third-order valence-electron chi connectivity index (χ3n) is 5.68. The Morgan fingerprint density at radius 3 is 2.83 bits per heavy atom. The van der Waals surface area contributed by atoms with Gasteiger partial charge in [-0.2, -0.15) is 0 Å². The highest BCUT2D eigenvalue weighted by Gasteiger charge is 2.44. The minimum atomic E-state index is -0.623. The number of rotatable bonds is 5. The first-order valence-electron chi connectivity index (χ1n) is 8.76. The van der Waals surface area contributed by atoms with Gasteiger partial charge in [0.15, 0.2) is 0 Å². The maximum Gasteiger partial charge on any atom is 0.306 e. The van der Waals surface area contributed by atoms with Crippen LogP contribution in [-0.4, -0.2) is 47.7 Å². The van der Waals surface area contributed by atoms with E-state index < -0.39 is 5.97 Å². The van der Waals surface area contributed by atoms with Crippen molar-refractivity contribution in [3.63, 3.8) is 0 Å². The Morgan fingerprint density at radius 2 is 2.17 bits per heavy atom. The number of fused-ring (bicyclic) bond motifs is 1. The van der Waals surface area contributed by atoms with E-state index in [1.54, 1.807) is 7.11 Å². The molecule has 1 saturated carbocycles. The number of carbonyl (C=O) groups is 1. The second-order valence-corrected chi connectivity index (χ2v) is 7.17. The van der Waals surface area contributed by atoms with Crippen LogP contribution in [0.2, 0.25) is 0 Å². The number of aliphatic carboxylic acids is 1. The summed E-state index contributed by atoms with van der Waals surface area (Å²) in [7, 11) is 1.70. The molecule has 1 aliphatic heterocycles. The van der Waals surface area contributed by atoms with Crippen LogP contribution in [0.3, 0.4) is 0 Å². The number of aromatic nitrogens is 1. The van der Waals surface area contributed by atoms with Gasteiger partial charge in [-0.3, -0.25) is 4.79 Å². The molecular weight excluding hydrogens is 304 g/mol. The second-order valence-electron chi connectivity index (χ2n) is 7.17. The standard InChI is InChI=1S/C19H24N2O3/c1-24-14-2-3-18-16(9-14)17(10-20-18)12-4-6-21(7-5-12)11-13-8-15(13)19(22)23/h2-3,9-10,12-13,15,20H,4-8,11H2,1H3,(H,22,23)/t13-,15+/m0/s1. The van der Waals surface area contributed by atoms with Crippen molar-refractivity contribution >= 4 is 16.9 Å². The van der Waals surface area contributed by atoms with Crippen molar-refractivity contribution in [1.29, 1.82) is 0 Å². The molecule has 0 amide bonds. The van der Waals surface area contributed by atoms with Crippen LogP contribution in [0.4, 0.5) is 0 Å². The lowest BCUT2D eigenvalue weighted by molar-refractivity contribution is -0.138. The van der Waals surface area contributed by atoms with Crippen LogP contribution in [-0.2, 0) is 4.79 Å². The number of hydrogen-bond acceptors (Lipinski definition) is 3. The molecule has 1 aliphatic carbocycles. The van der Waals surface area contributed by atoms with E-state index in [4.69, 9.17) is 9.84 Å². The molecule has 1 saturated heterocycles. The van der Waals surface area contributed by atoms with Crippen LogP contribution < -0.4 is 4.74 Å². The van der Waals surface area contributed by atoms with Gasteiger partial charge in [0, 0.05) is 23.6 Å². The van der Waals surface area contributed by atoms with Crippen LogP contribution in [0, 0.1) is 11.8 Å². The average molecular weight is 328 g/mol. The normalized spacial score (nSPS) is 25.0. The zero-order valence-corrected chi connectivity index (χ0v) is 14.0. The van der Waals surface area contributed by atoms with E-state index in [0.717, 1.165) is 50.2 Å². The Balaban J connectivity index is 1.40. The Hall–Kier alpha value is -2.01. The number of H-pyrrole nitrogens is 1. The highest BCUT2D eigenvalue weighted by molar-refractivity contribution is 5.85. The van der Waals surface area contributed by atoms with Gasteiger partial charge in [-0.25, -0.2) is 0 Å². The van der Waals surface area contributed by atoms with Gasteiger partial charge in [0.05, 0.1) is 13.0 Å². The molecule has 24 heavy (non-hydrogen) atoms. The van der Waals surface area contributed by atoms with Crippen LogP contribution in [0.1, 0.15) is 30.7 Å². The predicted octanol–water partition coefficient (Wildman–Crippen LogP) is 3.08. The van der Waals surface area contributed by atoms with E-state index in [-0.39, 0.29) is 5.92 Å². The molecule has 2 atom stereocenters. The number of methoxy groups -OCH3 is 1. The fourth-order valence-corrected chi connectivity index (χ4v) is 4.10.